The second-order valence-corrected chi connectivity index (χ2v) is 6.87. The van der Waals surface area contributed by atoms with E-state index in [0.29, 0.717) is 18.1 Å². The molecular weight excluding hydrogens is 310 g/mol. The summed E-state index contributed by atoms with van der Waals surface area (Å²) in [6.07, 6.45) is 2.97. The van der Waals surface area contributed by atoms with E-state index in [1.165, 1.54) is 17.3 Å². The molecule has 0 spiro atoms. The van der Waals surface area contributed by atoms with E-state index in [-0.39, 0.29) is 11.4 Å². The summed E-state index contributed by atoms with van der Waals surface area (Å²) in [5.74, 6) is 0. The molecule has 2 heterocycles. The highest BCUT2D eigenvalue weighted by Gasteiger charge is 2.21. The van der Waals surface area contributed by atoms with Crippen LogP contribution in [0.25, 0.3) is 0 Å². The van der Waals surface area contributed by atoms with E-state index >= 15 is 0 Å². The molecule has 120 valence electrons. The number of tetrazole rings is 1. The summed E-state index contributed by atoms with van der Waals surface area (Å²) in [7, 11) is 0. The minimum absolute atomic E-state index is 0.176. The number of aromatic nitrogens is 4. The van der Waals surface area contributed by atoms with Crippen LogP contribution in [0.5, 0.6) is 0 Å². The topological polar surface area (TPSA) is 76.6 Å². The van der Waals surface area contributed by atoms with Gasteiger partial charge in [-0.05, 0) is 42.2 Å². The Morgan fingerprint density at radius 3 is 2.96 bits per heavy atom. The van der Waals surface area contributed by atoms with Gasteiger partial charge in [-0.25, -0.2) is 4.68 Å². The molecule has 1 aromatic carbocycles. The maximum absolute atomic E-state index is 9.44. The van der Waals surface area contributed by atoms with Gasteiger partial charge in [-0.15, -0.1) is 5.10 Å². The molecule has 23 heavy (non-hydrogen) atoms. The zero-order valence-electron chi connectivity index (χ0n) is 13.1. The lowest BCUT2D eigenvalue weighted by Crippen LogP contribution is -2.17. The molecule has 1 aliphatic rings. The SMILES string of the molecule is Cc1ccc(C[C@H](C#N)Sc2nnnn2C[C@@H]2CCCO2)cc1. The van der Waals surface area contributed by atoms with Gasteiger partial charge in [0.15, 0.2) is 0 Å². The van der Waals surface area contributed by atoms with Gasteiger partial charge in [-0.3, -0.25) is 0 Å². The van der Waals surface area contributed by atoms with Crippen LogP contribution in [0.1, 0.15) is 24.0 Å². The Morgan fingerprint density at radius 1 is 1.43 bits per heavy atom. The molecule has 0 unspecified atom stereocenters. The Bertz CT molecular complexity index is 673. The van der Waals surface area contributed by atoms with Crippen molar-refractivity contribution in [1.82, 2.24) is 20.2 Å². The maximum Gasteiger partial charge on any atom is 0.210 e. The number of hydrogen-bond acceptors (Lipinski definition) is 6. The zero-order chi connectivity index (χ0) is 16.1. The highest BCUT2D eigenvalue weighted by molar-refractivity contribution is 8.00. The van der Waals surface area contributed by atoms with Gasteiger partial charge in [0, 0.05) is 6.61 Å². The van der Waals surface area contributed by atoms with E-state index in [9.17, 15) is 5.26 Å². The number of ether oxygens (including phenoxy) is 1. The second-order valence-electron chi connectivity index (χ2n) is 5.70. The van der Waals surface area contributed by atoms with Crippen LogP contribution in [0, 0.1) is 18.3 Å². The third kappa shape index (κ3) is 4.30. The molecular formula is C16H19N5OS. The number of thioether (sulfide) groups is 1. The minimum atomic E-state index is -0.216. The van der Waals surface area contributed by atoms with Gasteiger partial charge < -0.3 is 4.74 Å². The van der Waals surface area contributed by atoms with Crippen LogP contribution in [0.4, 0.5) is 0 Å². The number of nitriles is 1. The number of rotatable bonds is 6. The zero-order valence-corrected chi connectivity index (χ0v) is 13.9. The van der Waals surface area contributed by atoms with Crippen molar-refractivity contribution >= 4 is 11.8 Å². The number of nitrogens with zero attached hydrogens (tertiary/aromatic N) is 5. The molecule has 3 rings (SSSR count). The van der Waals surface area contributed by atoms with Gasteiger partial charge in [-0.1, -0.05) is 41.6 Å². The highest BCUT2D eigenvalue weighted by atomic mass is 32.2. The summed E-state index contributed by atoms with van der Waals surface area (Å²) in [6.45, 7) is 3.51. The van der Waals surface area contributed by atoms with Crippen molar-refractivity contribution in [3.05, 3.63) is 35.4 Å². The predicted octanol–water partition coefficient (Wildman–Crippen LogP) is 2.39. The van der Waals surface area contributed by atoms with Crippen molar-refractivity contribution in [2.75, 3.05) is 6.61 Å². The summed E-state index contributed by atoms with van der Waals surface area (Å²) >= 11 is 1.41. The van der Waals surface area contributed by atoms with Crippen molar-refractivity contribution in [2.24, 2.45) is 0 Å². The fourth-order valence-corrected chi connectivity index (χ4v) is 3.46. The summed E-state index contributed by atoms with van der Waals surface area (Å²) in [6, 6.07) is 10.6. The van der Waals surface area contributed by atoms with Gasteiger partial charge >= 0.3 is 0 Å². The Balaban J connectivity index is 1.63. The molecule has 0 amide bonds. The molecule has 7 heteroatoms. The lowest BCUT2D eigenvalue weighted by Gasteiger charge is -2.12. The first-order chi connectivity index (χ1) is 11.2. The molecule has 1 saturated heterocycles. The third-order valence-corrected chi connectivity index (χ3v) is 4.89. The molecule has 0 bridgehead atoms. The fourth-order valence-electron chi connectivity index (χ4n) is 2.56. The Labute approximate surface area is 139 Å². The van der Waals surface area contributed by atoms with Gasteiger partial charge in [-0.2, -0.15) is 5.26 Å². The normalized spacial score (nSPS) is 18.7. The largest absolute Gasteiger partial charge is 0.376 e. The molecule has 0 radical (unpaired) electrons. The predicted molar refractivity (Wildman–Crippen MR) is 86.9 cm³/mol. The lowest BCUT2D eigenvalue weighted by molar-refractivity contribution is 0.0912. The van der Waals surface area contributed by atoms with Gasteiger partial charge in [0.05, 0.1) is 18.7 Å². The molecule has 6 nitrogen and oxygen atoms in total. The Kier molecular flexibility index (Phi) is 5.26. The average Bonchev–Trinajstić information content (AvgIpc) is 3.22. The van der Waals surface area contributed by atoms with E-state index in [2.05, 4.69) is 52.8 Å². The van der Waals surface area contributed by atoms with E-state index in [1.54, 1.807) is 4.68 Å². The molecule has 0 N–H and O–H groups in total. The summed E-state index contributed by atoms with van der Waals surface area (Å²) < 4.78 is 7.38. The van der Waals surface area contributed by atoms with Crippen molar-refractivity contribution < 1.29 is 4.74 Å². The van der Waals surface area contributed by atoms with Crippen molar-refractivity contribution in [3.8, 4) is 6.07 Å². The molecule has 2 aromatic rings. The first-order valence-corrected chi connectivity index (χ1v) is 8.62. The Hall–Kier alpha value is -1.91. The van der Waals surface area contributed by atoms with E-state index < -0.39 is 0 Å². The standard InChI is InChI=1S/C16H19N5OS/c1-12-4-6-13(7-5-12)9-15(10-17)23-16-18-19-20-21(16)11-14-3-2-8-22-14/h4-7,14-15H,2-3,8-9,11H2,1H3/t14-,15+/m0/s1. The minimum Gasteiger partial charge on any atom is -0.376 e. The maximum atomic E-state index is 9.44. The first kappa shape index (κ1) is 16.0. The monoisotopic (exact) mass is 329 g/mol. The molecule has 1 fully saturated rings. The van der Waals surface area contributed by atoms with Crippen LogP contribution in [0.15, 0.2) is 29.4 Å². The van der Waals surface area contributed by atoms with Crippen LogP contribution in [-0.2, 0) is 17.7 Å². The summed E-state index contributed by atoms with van der Waals surface area (Å²) in [4.78, 5) is 0. The van der Waals surface area contributed by atoms with Crippen LogP contribution >= 0.6 is 11.8 Å². The average molecular weight is 329 g/mol. The number of aryl methyl sites for hydroxylation is 1. The summed E-state index contributed by atoms with van der Waals surface area (Å²) in [5, 5.41) is 21.7. The fraction of sp³-hybridized carbons (Fsp3) is 0.500. The second kappa shape index (κ2) is 7.57. The quantitative estimate of drug-likeness (QED) is 0.757. The molecule has 0 saturated carbocycles. The Morgan fingerprint density at radius 2 is 2.26 bits per heavy atom. The first-order valence-electron chi connectivity index (χ1n) is 7.74. The van der Waals surface area contributed by atoms with Crippen LogP contribution < -0.4 is 0 Å². The smallest absolute Gasteiger partial charge is 0.210 e. The molecule has 2 atom stereocenters. The highest BCUT2D eigenvalue weighted by Crippen LogP contribution is 2.24. The van der Waals surface area contributed by atoms with Crippen LogP contribution in [-0.4, -0.2) is 38.2 Å². The van der Waals surface area contributed by atoms with Gasteiger partial charge in [0.2, 0.25) is 5.16 Å². The van der Waals surface area contributed by atoms with E-state index in [4.69, 9.17) is 4.74 Å². The van der Waals surface area contributed by atoms with Gasteiger partial charge in [0.1, 0.15) is 5.25 Å². The number of benzene rings is 1. The molecule has 1 aliphatic heterocycles. The van der Waals surface area contributed by atoms with Crippen molar-refractivity contribution in [1.29, 1.82) is 5.26 Å². The van der Waals surface area contributed by atoms with E-state index in [1.807, 2.05) is 0 Å². The molecule has 1 aromatic heterocycles. The summed E-state index contributed by atoms with van der Waals surface area (Å²) in [5.41, 5.74) is 2.36. The lowest BCUT2D eigenvalue weighted by atomic mass is 10.1. The van der Waals surface area contributed by atoms with E-state index in [0.717, 1.165) is 25.0 Å². The van der Waals surface area contributed by atoms with Crippen molar-refractivity contribution in [2.45, 2.75) is 49.2 Å². The van der Waals surface area contributed by atoms with Crippen molar-refractivity contribution in [3.63, 3.8) is 0 Å². The number of hydrogen-bond donors (Lipinski definition) is 0. The third-order valence-electron chi connectivity index (χ3n) is 3.83. The molecule has 0 aliphatic carbocycles. The van der Waals surface area contributed by atoms with Crippen LogP contribution in [0.3, 0.4) is 0 Å². The van der Waals surface area contributed by atoms with Gasteiger partial charge in [0.25, 0.3) is 0 Å². The van der Waals surface area contributed by atoms with Crippen LogP contribution in [0.2, 0.25) is 0 Å².